The first-order valence-corrected chi connectivity index (χ1v) is 9.37. The molecule has 2 heterocycles. The number of anilines is 1. The monoisotopic (exact) mass is 369 g/mol. The van der Waals surface area contributed by atoms with Gasteiger partial charge in [0.2, 0.25) is 5.91 Å². The number of carbonyl (C=O) groups excluding carboxylic acids is 1. The van der Waals surface area contributed by atoms with E-state index in [2.05, 4.69) is 21.3 Å². The van der Waals surface area contributed by atoms with Crippen molar-refractivity contribution in [3.8, 4) is 11.5 Å². The Kier molecular flexibility index (Phi) is 6.52. The summed E-state index contributed by atoms with van der Waals surface area (Å²) in [5, 5.41) is 2.97. The van der Waals surface area contributed by atoms with Crippen molar-refractivity contribution in [3.63, 3.8) is 0 Å². The van der Waals surface area contributed by atoms with E-state index in [1.807, 2.05) is 30.5 Å². The van der Waals surface area contributed by atoms with Gasteiger partial charge in [-0.3, -0.25) is 4.79 Å². The van der Waals surface area contributed by atoms with Gasteiger partial charge in [0.1, 0.15) is 5.82 Å². The lowest BCUT2D eigenvalue weighted by Crippen LogP contribution is -2.23. The van der Waals surface area contributed by atoms with Crippen molar-refractivity contribution in [2.45, 2.75) is 32.2 Å². The maximum atomic E-state index is 12.2. The number of benzene rings is 1. The van der Waals surface area contributed by atoms with Crippen LogP contribution in [0.1, 0.15) is 30.4 Å². The lowest BCUT2D eigenvalue weighted by molar-refractivity contribution is -0.121. The number of nitrogens with zero attached hydrogens (tertiary/aromatic N) is 2. The number of carbonyl (C=O) groups is 1. The Morgan fingerprint density at radius 1 is 1.07 bits per heavy atom. The number of nitrogens with one attached hydrogen (secondary N) is 1. The van der Waals surface area contributed by atoms with E-state index in [-0.39, 0.29) is 5.91 Å². The largest absolute Gasteiger partial charge is 0.493 e. The minimum absolute atomic E-state index is 0.0318. The molecule has 6 heteroatoms. The van der Waals surface area contributed by atoms with Gasteiger partial charge in [-0.05, 0) is 54.7 Å². The standard InChI is InChI=1S/C21H27N3O3/c1-26-18-7-5-17(13-19(18)27-2)15-23-21(25)8-6-16-9-10-22-20(14-16)24-11-3-4-12-24/h5,7,9-10,13-14H,3-4,6,8,11-12,15H2,1-2H3,(H,23,25). The van der Waals surface area contributed by atoms with Crippen molar-refractivity contribution in [3.05, 3.63) is 47.7 Å². The summed E-state index contributed by atoms with van der Waals surface area (Å²) < 4.78 is 10.5. The van der Waals surface area contributed by atoms with Crippen LogP contribution in [0.3, 0.4) is 0 Å². The van der Waals surface area contributed by atoms with Gasteiger partial charge in [0.05, 0.1) is 14.2 Å². The normalized spacial score (nSPS) is 13.5. The molecule has 0 atom stereocenters. The van der Waals surface area contributed by atoms with Gasteiger partial charge in [-0.25, -0.2) is 4.98 Å². The average molecular weight is 369 g/mol. The number of hydrogen-bond acceptors (Lipinski definition) is 5. The van der Waals surface area contributed by atoms with Gasteiger partial charge in [-0.15, -0.1) is 0 Å². The fourth-order valence-electron chi connectivity index (χ4n) is 3.27. The minimum atomic E-state index is 0.0318. The first-order valence-electron chi connectivity index (χ1n) is 9.37. The zero-order valence-corrected chi connectivity index (χ0v) is 16.0. The van der Waals surface area contributed by atoms with Crippen LogP contribution in [0.25, 0.3) is 0 Å². The molecule has 1 aromatic carbocycles. The van der Waals surface area contributed by atoms with Crippen LogP contribution in [0, 0.1) is 0 Å². The predicted octanol–water partition coefficient (Wildman–Crippen LogP) is 2.95. The van der Waals surface area contributed by atoms with Gasteiger partial charge in [0.25, 0.3) is 0 Å². The van der Waals surface area contributed by atoms with Crippen molar-refractivity contribution in [1.29, 1.82) is 0 Å². The number of pyridine rings is 1. The lowest BCUT2D eigenvalue weighted by Gasteiger charge is -2.16. The van der Waals surface area contributed by atoms with Gasteiger partial charge in [0.15, 0.2) is 11.5 Å². The van der Waals surface area contributed by atoms with Crippen molar-refractivity contribution >= 4 is 11.7 Å². The van der Waals surface area contributed by atoms with E-state index in [1.165, 1.54) is 12.8 Å². The SMILES string of the molecule is COc1ccc(CNC(=O)CCc2ccnc(N3CCCC3)c2)cc1OC. The molecule has 1 fully saturated rings. The summed E-state index contributed by atoms with van der Waals surface area (Å²) in [7, 11) is 3.21. The van der Waals surface area contributed by atoms with Crippen LogP contribution < -0.4 is 19.7 Å². The van der Waals surface area contributed by atoms with Crippen LogP contribution in [-0.4, -0.2) is 38.2 Å². The molecule has 1 aromatic heterocycles. The van der Waals surface area contributed by atoms with Crippen LogP contribution >= 0.6 is 0 Å². The predicted molar refractivity (Wildman–Crippen MR) is 105 cm³/mol. The second-order valence-corrected chi connectivity index (χ2v) is 6.68. The summed E-state index contributed by atoms with van der Waals surface area (Å²) in [6.07, 6.45) is 5.46. The minimum Gasteiger partial charge on any atom is -0.493 e. The first kappa shape index (κ1) is 19.0. The van der Waals surface area contributed by atoms with Gasteiger partial charge in [-0.1, -0.05) is 6.07 Å². The number of ether oxygens (including phenoxy) is 2. The number of rotatable bonds is 8. The van der Waals surface area contributed by atoms with Crippen molar-refractivity contribution in [1.82, 2.24) is 10.3 Å². The molecule has 0 spiro atoms. The highest BCUT2D eigenvalue weighted by Crippen LogP contribution is 2.27. The van der Waals surface area contributed by atoms with E-state index in [0.717, 1.165) is 30.0 Å². The maximum Gasteiger partial charge on any atom is 0.220 e. The summed E-state index contributed by atoms with van der Waals surface area (Å²) in [5.74, 6) is 2.40. The van der Waals surface area contributed by atoms with Crippen LogP contribution in [0.5, 0.6) is 11.5 Å². The Balaban J connectivity index is 1.49. The van der Waals surface area contributed by atoms with E-state index in [4.69, 9.17) is 9.47 Å². The van der Waals surface area contributed by atoms with E-state index in [1.54, 1.807) is 14.2 Å². The van der Waals surface area contributed by atoms with Crippen LogP contribution in [0.2, 0.25) is 0 Å². The maximum absolute atomic E-state index is 12.2. The Bertz CT molecular complexity index is 773. The summed E-state index contributed by atoms with van der Waals surface area (Å²) in [6, 6.07) is 9.74. The van der Waals surface area contributed by atoms with E-state index < -0.39 is 0 Å². The fourth-order valence-corrected chi connectivity index (χ4v) is 3.27. The van der Waals surface area contributed by atoms with Crippen LogP contribution in [-0.2, 0) is 17.8 Å². The van der Waals surface area contributed by atoms with Crippen LogP contribution in [0.15, 0.2) is 36.5 Å². The molecular formula is C21H27N3O3. The molecule has 2 aromatic rings. The fraction of sp³-hybridized carbons (Fsp3) is 0.429. The molecule has 1 N–H and O–H groups in total. The lowest BCUT2D eigenvalue weighted by atomic mass is 10.1. The molecule has 1 saturated heterocycles. The molecule has 1 aliphatic rings. The van der Waals surface area contributed by atoms with Gasteiger partial charge in [0, 0.05) is 32.3 Å². The molecule has 144 valence electrons. The zero-order valence-electron chi connectivity index (χ0n) is 16.0. The van der Waals surface area contributed by atoms with Crippen molar-refractivity contribution in [2.24, 2.45) is 0 Å². The number of amides is 1. The smallest absolute Gasteiger partial charge is 0.220 e. The quantitative estimate of drug-likeness (QED) is 0.775. The third-order valence-corrected chi connectivity index (χ3v) is 4.82. The molecule has 0 bridgehead atoms. The highest BCUT2D eigenvalue weighted by atomic mass is 16.5. The number of aryl methyl sites for hydroxylation is 1. The Morgan fingerprint density at radius 2 is 1.85 bits per heavy atom. The molecule has 0 radical (unpaired) electrons. The van der Waals surface area contributed by atoms with E-state index in [9.17, 15) is 4.79 Å². The number of methoxy groups -OCH3 is 2. The second kappa shape index (κ2) is 9.26. The van der Waals surface area contributed by atoms with E-state index >= 15 is 0 Å². The molecule has 0 unspecified atom stereocenters. The van der Waals surface area contributed by atoms with Crippen LogP contribution in [0.4, 0.5) is 5.82 Å². The second-order valence-electron chi connectivity index (χ2n) is 6.68. The van der Waals surface area contributed by atoms with Gasteiger partial charge >= 0.3 is 0 Å². The summed E-state index contributed by atoms with van der Waals surface area (Å²) >= 11 is 0. The molecule has 1 aliphatic heterocycles. The summed E-state index contributed by atoms with van der Waals surface area (Å²) in [4.78, 5) is 19.0. The molecule has 1 amide bonds. The molecule has 27 heavy (non-hydrogen) atoms. The third kappa shape index (κ3) is 5.12. The molecule has 0 aliphatic carbocycles. The van der Waals surface area contributed by atoms with Crippen molar-refractivity contribution in [2.75, 3.05) is 32.2 Å². The molecular weight excluding hydrogens is 342 g/mol. The highest BCUT2D eigenvalue weighted by molar-refractivity contribution is 5.76. The number of aromatic nitrogens is 1. The number of hydrogen-bond donors (Lipinski definition) is 1. The average Bonchev–Trinajstić information content (AvgIpc) is 3.25. The van der Waals surface area contributed by atoms with Gasteiger partial charge in [-0.2, -0.15) is 0 Å². The third-order valence-electron chi connectivity index (χ3n) is 4.82. The Labute approximate surface area is 160 Å². The van der Waals surface area contributed by atoms with Gasteiger partial charge < -0.3 is 19.7 Å². The summed E-state index contributed by atoms with van der Waals surface area (Å²) in [6.45, 7) is 2.61. The molecule has 6 nitrogen and oxygen atoms in total. The first-order chi connectivity index (χ1) is 13.2. The highest BCUT2D eigenvalue weighted by Gasteiger charge is 2.14. The Hall–Kier alpha value is -2.76. The van der Waals surface area contributed by atoms with Crippen molar-refractivity contribution < 1.29 is 14.3 Å². The summed E-state index contributed by atoms with van der Waals surface area (Å²) in [5.41, 5.74) is 2.12. The molecule has 0 saturated carbocycles. The molecule has 3 rings (SSSR count). The Morgan fingerprint density at radius 3 is 2.59 bits per heavy atom. The zero-order chi connectivity index (χ0) is 19.1. The topological polar surface area (TPSA) is 63.7 Å². The van der Waals surface area contributed by atoms with E-state index in [0.29, 0.717) is 30.9 Å².